The highest BCUT2D eigenvalue weighted by Gasteiger charge is 2.46. The Morgan fingerprint density at radius 2 is 1.06 bits per heavy atom. The van der Waals surface area contributed by atoms with E-state index in [1.165, 1.54) is 38.9 Å². The Morgan fingerprint density at radius 1 is 0.574 bits per heavy atom. The molecule has 0 fully saturated rings. The molecule has 6 aromatic rings. The molecule has 0 heterocycles. The Balaban J connectivity index is 1.23. The molecule has 7 rings (SSSR count). The monoisotopic (exact) mass is 712 g/mol. The maximum absolute atomic E-state index is 13.4. The van der Waals surface area contributed by atoms with Gasteiger partial charge in [0.15, 0.2) is 5.78 Å². The summed E-state index contributed by atoms with van der Waals surface area (Å²) in [6, 6.07) is 46.5. The van der Waals surface area contributed by atoms with Crippen molar-refractivity contribution < 1.29 is 14.3 Å². The van der Waals surface area contributed by atoms with Gasteiger partial charge < -0.3 is 9.47 Å². The van der Waals surface area contributed by atoms with Crippen molar-refractivity contribution in [1.82, 2.24) is 0 Å². The first kappa shape index (κ1) is 36.9. The minimum Gasteiger partial charge on any atom is -0.487 e. The Labute approximate surface area is 322 Å². The molecule has 3 nitrogen and oxygen atoms in total. The summed E-state index contributed by atoms with van der Waals surface area (Å²) in [6.07, 6.45) is 2.92. The number of hydrogen-bond donors (Lipinski definition) is 0. The molecule has 0 atom stereocenters. The Bertz CT molecular complexity index is 2260. The van der Waals surface area contributed by atoms with Crippen LogP contribution in [0.4, 0.5) is 0 Å². The topological polar surface area (TPSA) is 35.5 Å². The van der Waals surface area contributed by atoms with Crippen LogP contribution in [0.3, 0.4) is 0 Å². The standard InChI is InChI=1S/C51H52O3/c1-9-49(6,7)38-24-20-36(21-25-38)48(52)37-22-28-41(29-23-37)53-46-30-26-39(32-34(46)4)51(40-27-31-47(35(5)33-40)54-50(8,10-2)11-3)44-18-14-12-16-42(44)43-17-13-15-19-45(43)51/h12-33H,9-11H2,1-8H3. The van der Waals surface area contributed by atoms with E-state index in [1.54, 1.807) is 0 Å². The largest absolute Gasteiger partial charge is 0.487 e. The van der Waals surface area contributed by atoms with Crippen LogP contribution in [0.15, 0.2) is 133 Å². The van der Waals surface area contributed by atoms with E-state index in [0.29, 0.717) is 16.9 Å². The number of ketones is 1. The van der Waals surface area contributed by atoms with E-state index in [1.807, 2.05) is 36.4 Å². The number of aryl methyl sites for hydroxylation is 2. The van der Waals surface area contributed by atoms with Gasteiger partial charge in [-0.05, 0) is 132 Å². The SMILES string of the molecule is CCC(C)(CC)Oc1ccc(C2(c3ccc(Oc4ccc(C(=O)c5ccc(C(C)(C)CC)cc5)cc4)c(C)c3)c3ccccc3-c3ccccc32)cc1C. The normalized spacial score (nSPS) is 13.3. The van der Waals surface area contributed by atoms with E-state index < -0.39 is 5.41 Å². The lowest BCUT2D eigenvalue weighted by Gasteiger charge is -2.35. The number of ether oxygens (including phenoxy) is 2. The number of rotatable bonds is 12. The number of carbonyl (C=O) groups excluding carboxylic acids is 1. The molecule has 6 aromatic carbocycles. The summed E-state index contributed by atoms with van der Waals surface area (Å²) in [5, 5.41) is 0. The van der Waals surface area contributed by atoms with Crippen molar-refractivity contribution in [2.24, 2.45) is 0 Å². The van der Waals surface area contributed by atoms with Gasteiger partial charge in [0.2, 0.25) is 0 Å². The number of carbonyl (C=O) groups is 1. The highest BCUT2D eigenvalue weighted by molar-refractivity contribution is 6.09. The first-order valence-electron chi connectivity index (χ1n) is 19.5. The van der Waals surface area contributed by atoms with Crippen molar-refractivity contribution in [3.05, 3.63) is 184 Å². The summed E-state index contributed by atoms with van der Waals surface area (Å²) in [7, 11) is 0. The quantitative estimate of drug-likeness (QED) is 0.118. The first-order chi connectivity index (χ1) is 25.9. The lowest BCUT2D eigenvalue weighted by atomic mass is 9.67. The van der Waals surface area contributed by atoms with E-state index >= 15 is 0 Å². The average molecular weight is 713 g/mol. The lowest BCUT2D eigenvalue weighted by molar-refractivity contribution is 0.0794. The van der Waals surface area contributed by atoms with Gasteiger partial charge in [-0.15, -0.1) is 0 Å². The van der Waals surface area contributed by atoms with Crippen molar-refractivity contribution >= 4 is 5.78 Å². The smallest absolute Gasteiger partial charge is 0.193 e. The van der Waals surface area contributed by atoms with Gasteiger partial charge >= 0.3 is 0 Å². The van der Waals surface area contributed by atoms with E-state index in [-0.39, 0.29) is 16.8 Å². The van der Waals surface area contributed by atoms with E-state index in [0.717, 1.165) is 41.9 Å². The fourth-order valence-corrected chi connectivity index (χ4v) is 7.92. The minimum atomic E-state index is -0.537. The van der Waals surface area contributed by atoms with Gasteiger partial charge in [-0.25, -0.2) is 0 Å². The van der Waals surface area contributed by atoms with Gasteiger partial charge in [0.1, 0.15) is 22.8 Å². The van der Waals surface area contributed by atoms with Crippen molar-refractivity contribution in [1.29, 1.82) is 0 Å². The van der Waals surface area contributed by atoms with Gasteiger partial charge in [-0.1, -0.05) is 132 Å². The molecule has 0 N–H and O–H groups in total. The van der Waals surface area contributed by atoms with Crippen LogP contribution < -0.4 is 9.47 Å². The first-order valence-corrected chi connectivity index (χ1v) is 19.5. The highest BCUT2D eigenvalue weighted by Crippen LogP contribution is 2.56. The summed E-state index contributed by atoms with van der Waals surface area (Å²) in [5.74, 6) is 2.40. The van der Waals surface area contributed by atoms with Gasteiger partial charge in [0, 0.05) is 11.1 Å². The third-order valence-corrected chi connectivity index (χ3v) is 12.2. The van der Waals surface area contributed by atoms with Gasteiger partial charge in [0.05, 0.1) is 5.41 Å². The van der Waals surface area contributed by atoms with Crippen LogP contribution in [0.5, 0.6) is 17.2 Å². The molecule has 0 unspecified atom stereocenters. The molecule has 274 valence electrons. The number of benzene rings is 6. The Morgan fingerprint density at radius 3 is 1.54 bits per heavy atom. The second-order valence-electron chi connectivity index (χ2n) is 15.8. The third kappa shape index (κ3) is 6.44. The molecule has 0 aliphatic heterocycles. The van der Waals surface area contributed by atoms with E-state index in [2.05, 4.69) is 152 Å². The lowest BCUT2D eigenvalue weighted by Crippen LogP contribution is -2.31. The molecule has 0 radical (unpaired) electrons. The molecule has 0 spiro atoms. The van der Waals surface area contributed by atoms with Gasteiger partial charge in [-0.2, -0.15) is 0 Å². The fraction of sp³-hybridized carbons (Fsp3) is 0.275. The summed E-state index contributed by atoms with van der Waals surface area (Å²) < 4.78 is 13.1. The van der Waals surface area contributed by atoms with Crippen molar-refractivity contribution in [3.8, 4) is 28.4 Å². The van der Waals surface area contributed by atoms with Crippen LogP contribution >= 0.6 is 0 Å². The zero-order chi connectivity index (χ0) is 38.3. The summed E-state index contributed by atoms with van der Waals surface area (Å²) >= 11 is 0. The van der Waals surface area contributed by atoms with E-state index in [4.69, 9.17) is 9.47 Å². The second kappa shape index (κ2) is 14.4. The fourth-order valence-electron chi connectivity index (χ4n) is 7.92. The van der Waals surface area contributed by atoms with Crippen molar-refractivity contribution in [3.63, 3.8) is 0 Å². The van der Waals surface area contributed by atoms with Crippen LogP contribution in [0.25, 0.3) is 11.1 Å². The average Bonchev–Trinajstić information content (AvgIpc) is 3.50. The molecule has 54 heavy (non-hydrogen) atoms. The summed E-state index contributed by atoms with van der Waals surface area (Å²) in [6.45, 7) is 17.5. The van der Waals surface area contributed by atoms with Gasteiger partial charge in [0.25, 0.3) is 0 Å². The summed E-state index contributed by atoms with van der Waals surface area (Å²) in [4.78, 5) is 13.4. The van der Waals surface area contributed by atoms with Crippen LogP contribution in [-0.4, -0.2) is 11.4 Å². The molecule has 3 heteroatoms. The van der Waals surface area contributed by atoms with Crippen LogP contribution in [0.2, 0.25) is 0 Å². The Hall–Kier alpha value is -5.41. The minimum absolute atomic E-state index is 0.00457. The predicted octanol–water partition coefficient (Wildman–Crippen LogP) is 13.3. The molecule has 1 aliphatic carbocycles. The predicted molar refractivity (Wildman–Crippen MR) is 223 cm³/mol. The molecule has 0 saturated heterocycles. The molecule has 1 aliphatic rings. The zero-order valence-corrected chi connectivity index (χ0v) is 33.0. The third-order valence-electron chi connectivity index (χ3n) is 12.2. The van der Waals surface area contributed by atoms with Crippen molar-refractivity contribution in [2.45, 2.75) is 91.1 Å². The van der Waals surface area contributed by atoms with Crippen LogP contribution in [-0.2, 0) is 10.8 Å². The Kier molecular flexibility index (Phi) is 9.87. The maximum atomic E-state index is 13.4. The van der Waals surface area contributed by atoms with Crippen LogP contribution in [0.1, 0.15) is 116 Å². The maximum Gasteiger partial charge on any atom is 0.193 e. The zero-order valence-electron chi connectivity index (χ0n) is 33.0. The van der Waals surface area contributed by atoms with Crippen molar-refractivity contribution in [2.75, 3.05) is 0 Å². The van der Waals surface area contributed by atoms with E-state index in [9.17, 15) is 4.79 Å². The molecular formula is C51H52O3. The molecular weight excluding hydrogens is 661 g/mol. The highest BCUT2D eigenvalue weighted by atomic mass is 16.5. The number of hydrogen-bond acceptors (Lipinski definition) is 3. The van der Waals surface area contributed by atoms with Gasteiger partial charge in [-0.3, -0.25) is 4.79 Å². The molecule has 0 saturated carbocycles. The molecule has 0 aromatic heterocycles. The molecule has 0 amide bonds. The molecule has 0 bridgehead atoms. The summed E-state index contributed by atoms with van der Waals surface area (Å²) in [5.41, 5.74) is 11.5. The second-order valence-corrected chi connectivity index (χ2v) is 15.8. The van der Waals surface area contributed by atoms with Crippen LogP contribution in [0, 0.1) is 13.8 Å². The number of fused-ring (bicyclic) bond motifs is 3.